The molecule has 0 heterocycles. The Labute approximate surface area is 2120 Å². The number of halogens is 15. The maximum absolute atomic E-state index is 0. The molecule has 0 unspecified atom stereocenters. The summed E-state index contributed by atoms with van der Waals surface area (Å²) >= 11 is 0. The zero-order chi connectivity index (χ0) is 0. The van der Waals surface area contributed by atoms with Gasteiger partial charge in [0.25, 0.3) is 0 Å². The number of hydrogen-bond acceptors (Lipinski definition) is 0. The van der Waals surface area contributed by atoms with Crippen LogP contribution in [-0.4, -0.2) is 0 Å². The summed E-state index contributed by atoms with van der Waals surface area (Å²) in [5.41, 5.74) is 0. The van der Waals surface area contributed by atoms with E-state index in [1.807, 2.05) is 0 Å². The van der Waals surface area contributed by atoms with Gasteiger partial charge in [-0.15, -0.1) is 186 Å². The van der Waals surface area contributed by atoms with Crippen molar-refractivity contribution in [2.75, 3.05) is 0 Å². The molecular formula is H15Cl15Na68+68. The van der Waals surface area contributed by atoms with Gasteiger partial charge in [0.1, 0.15) is 0 Å². The van der Waals surface area contributed by atoms with Crippen LogP contribution in [0, 0.1) is 0 Å². The fraction of sp³-hybridized carbons (Fsp3) is 0. The van der Waals surface area contributed by atoms with Crippen molar-refractivity contribution in [2.24, 2.45) is 0 Å². The zero-order valence-electron chi connectivity index (χ0n) is 74.1. The van der Waals surface area contributed by atoms with Crippen molar-refractivity contribution in [3.8, 4) is 0 Å². The first kappa shape index (κ1) is 707. The fourth-order valence-electron chi connectivity index (χ4n) is 0. The standard InChI is InChI=1S/15ClH.68Na/h15*1H;;;;;;;;;;;;;;;;;;;;;;;;;;;;;;;;;;;;;;;;;;;;;;;;;;;;;;;;;;;;;;;;;;;;/q;;;;;;;;;;;;;;;68*+1. The van der Waals surface area contributed by atoms with Gasteiger partial charge < -0.3 is 0 Å². The second kappa shape index (κ2) is 693. The minimum Gasteiger partial charge on any atom is -0.147 e. The Morgan fingerprint density at radius 1 is 0.0241 bits per heavy atom. The van der Waals surface area contributed by atoms with Crippen LogP contribution >= 0.6 is 186 Å². The van der Waals surface area contributed by atoms with E-state index in [9.17, 15) is 0 Å². The van der Waals surface area contributed by atoms with Crippen molar-refractivity contribution >= 4 is 186 Å². The van der Waals surface area contributed by atoms with E-state index in [1.54, 1.807) is 0 Å². The minimum atomic E-state index is 0. The molecule has 0 aliphatic rings. The van der Waals surface area contributed by atoms with Crippen LogP contribution in [0.4, 0.5) is 0 Å². The first-order valence-electron chi connectivity index (χ1n) is 0. The second-order valence-electron chi connectivity index (χ2n) is 0. The van der Waals surface area contributed by atoms with Crippen LogP contribution in [0.25, 0.3) is 0 Å². The van der Waals surface area contributed by atoms with Gasteiger partial charge >= 0.3 is 2010 Å². The molecule has 0 rings (SSSR count). The van der Waals surface area contributed by atoms with Crippen LogP contribution in [0.5, 0.6) is 0 Å². The monoisotopic (exact) mass is 2100 g/mol. The van der Waals surface area contributed by atoms with Gasteiger partial charge in [0.2, 0.25) is 0 Å². The van der Waals surface area contributed by atoms with E-state index in [-0.39, 0.29) is 2200 Å². The van der Waals surface area contributed by atoms with Crippen LogP contribution in [0.15, 0.2) is 0 Å². The topological polar surface area (TPSA) is 0 Å². The second-order valence-corrected chi connectivity index (χ2v) is 0. The average Bonchev–Trinajstić information content (AvgIpc) is 0. The van der Waals surface area contributed by atoms with Gasteiger partial charge in [0, 0.05) is 0 Å². The van der Waals surface area contributed by atoms with E-state index >= 15 is 0 Å². The summed E-state index contributed by atoms with van der Waals surface area (Å²) in [7, 11) is 0. The molecule has 0 nitrogen and oxygen atoms in total. The molecule has 0 fully saturated rings. The normalized spacial score (nSPS) is 0. The molecule has 0 saturated heterocycles. The molecule has 0 saturated carbocycles. The minimum absolute atomic E-state index is 0. The third-order valence-electron chi connectivity index (χ3n) is 0. The van der Waals surface area contributed by atoms with E-state index in [0.717, 1.165) is 0 Å². The molecule has 0 radical (unpaired) electrons. The SMILES string of the molecule is Cl.Cl.Cl.Cl.Cl.Cl.Cl.Cl.Cl.Cl.Cl.Cl.Cl.Cl.Cl.[Na+].[Na+].[Na+].[Na+].[Na+].[Na+].[Na+].[Na+].[Na+].[Na+].[Na+].[Na+].[Na+].[Na+].[Na+].[Na+].[Na+].[Na+].[Na+].[Na+].[Na+].[Na+].[Na+].[Na+].[Na+].[Na+].[Na+].[Na+].[Na+].[Na+].[Na+].[Na+].[Na+].[Na+].[Na+].[Na+].[Na+].[Na+].[Na+].[Na+].[Na+].[Na+].[Na+].[Na+].[Na+].[Na+].[Na+].[Na+].[Na+].[Na+].[Na+].[Na+].[Na+].[Na+].[Na+].[Na+].[Na+].[Na+].[Na+].[Na+].[Na+].[Na+].[Na+].[Na+].[Na+].[Na+].[Na+].[Na+]. The molecular weight excluding hydrogens is 2100 g/mol. The fourth-order valence-corrected chi connectivity index (χ4v) is 0. The molecule has 0 aromatic carbocycles. The average molecular weight is 2110 g/mol. The molecule has 0 aliphatic heterocycles. The van der Waals surface area contributed by atoms with Crippen LogP contribution in [0.2, 0.25) is 0 Å². The van der Waals surface area contributed by atoms with Gasteiger partial charge in [-0.05, 0) is 0 Å². The first-order valence-corrected chi connectivity index (χ1v) is 0. The number of rotatable bonds is 0. The predicted octanol–water partition coefficient (Wildman–Crippen LogP) is -197. The summed E-state index contributed by atoms with van der Waals surface area (Å²) in [6.45, 7) is 0. The zero-order valence-corrected chi connectivity index (χ0v) is 222. The van der Waals surface area contributed by atoms with E-state index in [4.69, 9.17) is 0 Å². The van der Waals surface area contributed by atoms with E-state index in [2.05, 4.69) is 0 Å². The van der Waals surface area contributed by atoms with Crippen LogP contribution in [-0.2, 0) is 0 Å². The maximum Gasteiger partial charge on any atom is 1.00 e. The largest absolute Gasteiger partial charge is 1.00 e. The van der Waals surface area contributed by atoms with Crippen LogP contribution in [0.3, 0.4) is 0 Å². The van der Waals surface area contributed by atoms with Gasteiger partial charge in [0.15, 0.2) is 0 Å². The Kier molecular flexibility index (Phi) is 5910. The molecule has 0 aromatic heterocycles. The molecule has 0 N–H and O–H groups in total. The molecule has 0 aliphatic carbocycles. The molecule has 0 atom stereocenters. The third-order valence-corrected chi connectivity index (χ3v) is 0. The maximum atomic E-state index is 0. The van der Waals surface area contributed by atoms with Gasteiger partial charge in [-0.3, -0.25) is 0 Å². The Balaban J connectivity index is 0. The van der Waals surface area contributed by atoms with Crippen LogP contribution < -0.4 is 2010 Å². The first-order chi connectivity index (χ1) is 0. The summed E-state index contributed by atoms with van der Waals surface area (Å²) in [5.74, 6) is 0. The Morgan fingerprint density at radius 2 is 0.0241 bits per heavy atom. The molecule has 83 heavy (non-hydrogen) atoms. The molecule has 83 heteroatoms. The molecule has 0 amide bonds. The van der Waals surface area contributed by atoms with Crippen molar-refractivity contribution < 1.29 is 2010 Å². The van der Waals surface area contributed by atoms with Gasteiger partial charge in [0.05, 0.1) is 0 Å². The van der Waals surface area contributed by atoms with Gasteiger partial charge in [-0.2, -0.15) is 0 Å². The van der Waals surface area contributed by atoms with Crippen molar-refractivity contribution in [3.05, 3.63) is 0 Å². The van der Waals surface area contributed by atoms with Crippen molar-refractivity contribution in [3.63, 3.8) is 0 Å². The molecule has 0 bridgehead atoms. The Bertz CT molecular complexity index is 56.6. The van der Waals surface area contributed by atoms with Gasteiger partial charge in [-0.1, -0.05) is 0 Å². The van der Waals surface area contributed by atoms with E-state index in [1.165, 1.54) is 0 Å². The summed E-state index contributed by atoms with van der Waals surface area (Å²) in [4.78, 5) is 0. The third kappa shape index (κ3) is 684. The predicted molar refractivity (Wildman–Crippen MR) is 109 cm³/mol. The Morgan fingerprint density at radius 3 is 0.0241 bits per heavy atom. The summed E-state index contributed by atoms with van der Waals surface area (Å²) in [5, 5.41) is 0. The van der Waals surface area contributed by atoms with Gasteiger partial charge in [-0.25, -0.2) is 0 Å². The summed E-state index contributed by atoms with van der Waals surface area (Å²) in [6, 6.07) is 0. The van der Waals surface area contributed by atoms with Crippen molar-refractivity contribution in [2.45, 2.75) is 0 Å². The summed E-state index contributed by atoms with van der Waals surface area (Å²) < 4.78 is 0. The van der Waals surface area contributed by atoms with Crippen molar-refractivity contribution in [1.82, 2.24) is 0 Å². The Hall–Kier alpha value is 72.3. The van der Waals surface area contributed by atoms with E-state index in [0.29, 0.717) is 0 Å². The molecule has 0 aromatic rings. The van der Waals surface area contributed by atoms with E-state index < -0.39 is 0 Å². The summed E-state index contributed by atoms with van der Waals surface area (Å²) in [6.07, 6.45) is 0. The van der Waals surface area contributed by atoms with Crippen molar-refractivity contribution in [1.29, 1.82) is 0 Å². The smallest absolute Gasteiger partial charge is 0.147 e. The van der Waals surface area contributed by atoms with Crippen LogP contribution in [0.1, 0.15) is 0 Å². The quantitative estimate of drug-likeness (QED) is 0.212. The molecule has 120 valence electrons. The molecule has 0 spiro atoms. The number of hydrogen-bond donors (Lipinski definition) is 0.